The van der Waals surface area contributed by atoms with Crippen molar-refractivity contribution in [3.05, 3.63) is 27.7 Å². The molecule has 1 aromatic rings. The highest BCUT2D eigenvalue weighted by Gasteiger charge is 2.17. The number of ether oxygens (including phenoxy) is 2. The van der Waals surface area contributed by atoms with Crippen molar-refractivity contribution in [2.24, 2.45) is 0 Å². The number of benzene rings is 1. The predicted molar refractivity (Wildman–Crippen MR) is 76.0 cm³/mol. The molecule has 4 heteroatoms. The summed E-state index contributed by atoms with van der Waals surface area (Å²) in [6, 6.07) is 3.86. The monoisotopic (exact) mass is 316 g/mol. The van der Waals surface area contributed by atoms with Gasteiger partial charge < -0.3 is 14.6 Å². The number of aliphatic hydroxyl groups excluding tert-OH is 1. The smallest absolute Gasteiger partial charge is 0.127 e. The van der Waals surface area contributed by atoms with Gasteiger partial charge in [0.2, 0.25) is 0 Å². The Morgan fingerprint density at radius 2 is 2.00 bits per heavy atom. The van der Waals surface area contributed by atoms with Crippen LogP contribution in [0.3, 0.4) is 0 Å². The van der Waals surface area contributed by atoms with Crippen molar-refractivity contribution < 1.29 is 14.6 Å². The lowest BCUT2D eigenvalue weighted by molar-refractivity contribution is 0.00524. The molecule has 0 amide bonds. The fourth-order valence-corrected chi connectivity index (χ4v) is 2.24. The van der Waals surface area contributed by atoms with Crippen molar-refractivity contribution in [1.29, 1.82) is 0 Å². The summed E-state index contributed by atoms with van der Waals surface area (Å²) in [6.07, 6.45) is 0.796. The van der Waals surface area contributed by atoms with Gasteiger partial charge in [0.15, 0.2) is 0 Å². The third-order valence-electron chi connectivity index (χ3n) is 2.99. The molecule has 0 aliphatic carbocycles. The molecule has 0 fully saturated rings. The topological polar surface area (TPSA) is 38.7 Å². The van der Waals surface area contributed by atoms with Gasteiger partial charge in [-0.1, -0.05) is 15.9 Å². The molecule has 1 aromatic carbocycles. The van der Waals surface area contributed by atoms with Gasteiger partial charge in [-0.25, -0.2) is 0 Å². The molecule has 0 aliphatic heterocycles. The second kappa shape index (κ2) is 6.55. The van der Waals surface area contributed by atoms with Crippen LogP contribution in [0.15, 0.2) is 16.6 Å². The van der Waals surface area contributed by atoms with E-state index in [1.807, 2.05) is 32.9 Å². The third-order valence-corrected chi connectivity index (χ3v) is 3.45. The Labute approximate surface area is 117 Å². The molecular formula is C14H21BrO3. The van der Waals surface area contributed by atoms with Crippen molar-refractivity contribution in [2.75, 3.05) is 13.7 Å². The maximum absolute atomic E-state index is 9.35. The van der Waals surface area contributed by atoms with Gasteiger partial charge in [0, 0.05) is 23.6 Å². The highest BCUT2D eigenvalue weighted by atomic mass is 79.9. The normalized spacial score (nSPS) is 11.7. The first-order valence-electron chi connectivity index (χ1n) is 5.97. The SMILES string of the molecule is COC(C)(C)CCOc1c(C)cc(Br)cc1CO. The Hall–Kier alpha value is -0.580. The third kappa shape index (κ3) is 4.26. The van der Waals surface area contributed by atoms with E-state index in [4.69, 9.17) is 9.47 Å². The molecule has 0 saturated heterocycles. The zero-order chi connectivity index (χ0) is 13.8. The predicted octanol–water partition coefficient (Wildman–Crippen LogP) is 3.44. The van der Waals surface area contributed by atoms with Crippen LogP contribution in [0.1, 0.15) is 31.4 Å². The zero-order valence-corrected chi connectivity index (χ0v) is 13.0. The molecule has 3 nitrogen and oxygen atoms in total. The molecule has 1 N–H and O–H groups in total. The second-order valence-electron chi connectivity index (χ2n) is 4.93. The van der Waals surface area contributed by atoms with Crippen LogP contribution in [-0.4, -0.2) is 24.4 Å². The summed E-state index contributed by atoms with van der Waals surface area (Å²) in [5.41, 5.74) is 1.63. The molecule has 0 atom stereocenters. The summed E-state index contributed by atoms with van der Waals surface area (Å²) in [6.45, 7) is 6.57. The van der Waals surface area contributed by atoms with E-state index in [1.165, 1.54) is 0 Å². The Kier molecular flexibility index (Phi) is 5.63. The number of hydrogen-bond acceptors (Lipinski definition) is 3. The minimum absolute atomic E-state index is 0.0245. The molecule has 0 saturated carbocycles. The first-order valence-corrected chi connectivity index (χ1v) is 6.77. The molecule has 0 unspecified atom stereocenters. The molecule has 0 bridgehead atoms. The lowest BCUT2D eigenvalue weighted by Gasteiger charge is -2.23. The van der Waals surface area contributed by atoms with Crippen molar-refractivity contribution in [3.63, 3.8) is 0 Å². The average molecular weight is 317 g/mol. The lowest BCUT2D eigenvalue weighted by Crippen LogP contribution is -2.25. The van der Waals surface area contributed by atoms with Crippen LogP contribution in [-0.2, 0) is 11.3 Å². The van der Waals surface area contributed by atoms with Crippen molar-refractivity contribution >= 4 is 15.9 Å². The Morgan fingerprint density at radius 3 is 2.56 bits per heavy atom. The van der Waals surface area contributed by atoms with Crippen LogP contribution in [0.4, 0.5) is 0 Å². The van der Waals surface area contributed by atoms with Gasteiger partial charge in [-0.2, -0.15) is 0 Å². The second-order valence-corrected chi connectivity index (χ2v) is 5.85. The van der Waals surface area contributed by atoms with Gasteiger partial charge in [-0.15, -0.1) is 0 Å². The van der Waals surface area contributed by atoms with Crippen molar-refractivity contribution in [3.8, 4) is 5.75 Å². The van der Waals surface area contributed by atoms with Gasteiger partial charge in [0.1, 0.15) is 5.75 Å². The molecule has 0 aliphatic rings. The average Bonchev–Trinajstić information content (AvgIpc) is 2.31. The molecule has 102 valence electrons. The van der Waals surface area contributed by atoms with E-state index in [0.717, 1.165) is 27.8 Å². The van der Waals surface area contributed by atoms with Gasteiger partial charge >= 0.3 is 0 Å². The van der Waals surface area contributed by atoms with E-state index in [0.29, 0.717) is 6.61 Å². The highest BCUT2D eigenvalue weighted by molar-refractivity contribution is 9.10. The van der Waals surface area contributed by atoms with E-state index < -0.39 is 0 Å². The number of aryl methyl sites for hydroxylation is 1. The molecule has 0 aromatic heterocycles. The Morgan fingerprint density at radius 1 is 1.33 bits per heavy atom. The van der Waals surface area contributed by atoms with Crippen LogP contribution in [0, 0.1) is 6.92 Å². The lowest BCUT2D eigenvalue weighted by atomic mass is 10.1. The van der Waals surface area contributed by atoms with E-state index in [-0.39, 0.29) is 12.2 Å². The standard InChI is InChI=1S/C14H21BrO3/c1-10-7-12(15)8-11(9-16)13(10)18-6-5-14(2,3)17-4/h7-8,16H,5-6,9H2,1-4H3. The van der Waals surface area contributed by atoms with E-state index in [9.17, 15) is 5.11 Å². The zero-order valence-electron chi connectivity index (χ0n) is 11.4. The Bertz CT molecular complexity index is 402. The summed E-state index contributed by atoms with van der Waals surface area (Å²) in [4.78, 5) is 0. The van der Waals surface area contributed by atoms with Crippen molar-refractivity contribution in [1.82, 2.24) is 0 Å². The molecule has 18 heavy (non-hydrogen) atoms. The summed E-state index contributed by atoms with van der Waals surface area (Å²) in [7, 11) is 1.70. The van der Waals surface area contributed by atoms with Crippen LogP contribution >= 0.6 is 15.9 Å². The summed E-state index contributed by atoms with van der Waals surface area (Å²) in [5.74, 6) is 0.771. The fourth-order valence-electron chi connectivity index (χ4n) is 1.62. The minimum Gasteiger partial charge on any atom is -0.493 e. The van der Waals surface area contributed by atoms with E-state index >= 15 is 0 Å². The first kappa shape index (κ1) is 15.5. The van der Waals surface area contributed by atoms with Gasteiger partial charge in [0.05, 0.1) is 18.8 Å². The summed E-state index contributed by atoms with van der Waals surface area (Å²) in [5, 5.41) is 9.35. The van der Waals surface area contributed by atoms with Crippen LogP contribution in [0.25, 0.3) is 0 Å². The minimum atomic E-state index is -0.192. The molecular weight excluding hydrogens is 296 g/mol. The molecule has 0 radical (unpaired) electrons. The summed E-state index contributed by atoms with van der Waals surface area (Å²) >= 11 is 3.41. The van der Waals surface area contributed by atoms with Crippen molar-refractivity contribution in [2.45, 2.75) is 39.4 Å². The van der Waals surface area contributed by atoms with Gasteiger partial charge in [0.25, 0.3) is 0 Å². The van der Waals surface area contributed by atoms with Crippen LogP contribution in [0.2, 0.25) is 0 Å². The van der Waals surface area contributed by atoms with Gasteiger partial charge in [-0.05, 0) is 38.5 Å². The fraction of sp³-hybridized carbons (Fsp3) is 0.571. The maximum Gasteiger partial charge on any atom is 0.127 e. The number of methoxy groups -OCH3 is 1. The van der Waals surface area contributed by atoms with Crippen LogP contribution in [0.5, 0.6) is 5.75 Å². The van der Waals surface area contributed by atoms with E-state index in [2.05, 4.69) is 15.9 Å². The van der Waals surface area contributed by atoms with Gasteiger partial charge in [-0.3, -0.25) is 0 Å². The number of hydrogen-bond donors (Lipinski definition) is 1. The maximum atomic E-state index is 9.35. The summed E-state index contributed by atoms with van der Waals surface area (Å²) < 4.78 is 12.1. The van der Waals surface area contributed by atoms with Crippen LogP contribution < -0.4 is 4.74 Å². The Balaban J connectivity index is 2.73. The number of halogens is 1. The number of rotatable bonds is 6. The molecule has 0 heterocycles. The quantitative estimate of drug-likeness (QED) is 0.873. The number of aliphatic hydroxyl groups is 1. The molecule has 1 rings (SSSR count). The largest absolute Gasteiger partial charge is 0.493 e. The molecule has 0 spiro atoms. The first-order chi connectivity index (χ1) is 8.39. The van der Waals surface area contributed by atoms with E-state index in [1.54, 1.807) is 7.11 Å². The highest BCUT2D eigenvalue weighted by Crippen LogP contribution is 2.28.